The van der Waals surface area contributed by atoms with Crippen molar-refractivity contribution in [1.82, 2.24) is 42.5 Å². The molecule has 5 aliphatic heterocycles. The van der Waals surface area contributed by atoms with E-state index < -0.39 is 0 Å². The zero-order valence-electron chi connectivity index (χ0n) is 26.5. The molecule has 18 atom stereocenters. The van der Waals surface area contributed by atoms with Crippen molar-refractivity contribution >= 4 is 23.2 Å². The Morgan fingerprint density at radius 3 is 0.977 bits per heavy atom. The van der Waals surface area contributed by atoms with Crippen LogP contribution in [0.4, 0.5) is 0 Å². The average Bonchev–Trinajstić information content (AvgIpc) is 3.80. The van der Waals surface area contributed by atoms with Crippen molar-refractivity contribution in [2.75, 3.05) is 11.8 Å². The molecule has 5 heterocycles. The predicted octanol–water partition coefficient (Wildman–Crippen LogP) is 3.54. The summed E-state index contributed by atoms with van der Waals surface area (Å²) < 4.78 is 0. The van der Waals surface area contributed by atoms with Crippen molar-refractivity contribution in [3.05, 3.63) is 0 Å². The van der Waals surface area contributed by atoms with Gasteiger partial charge in [0, 0.05) is 11.8 Å². The third kappa shape index (κ3) is 5.14. The van der Waals surface area contributed by atoms with Crippen molar-refractivity contribution in [2.45, 2.75) is 139 Å². The Labute approximate surface area is 275 Å². The molecule has 0 amide bonds. The molecule has 0 aromatic rings. The summed E-state index contributed by atoms with van der Waals surface area (Å²) in [5.41, 5.74) is 0. The van der Waals surface area contributed by atoms with Gasteiger partial charge in [0.25, 0.3) is 0 Å². The molecular weight excluding hydrogens is 591 g/mol. The maximum atomic E-state index is 6.84. The standard InChI is InChI=1S/C34H58Cl2N8/c35-15-17-13-14-24-26(25(17)16-36)34-43-32-23-12-6-5-11-22(23)30(41-32)39-28-19-8-2-1-7-18(19)27(37-28)38-29-20-9-3-4-10-21(20)31(40-29)42-33(24)44-34/h17-34,37-44H,1-16H2. The van der Waals surface area contributed by atoms with Gasteiger partial charge in [0.05, 0.1) is 49.3 Å². The lowest BCUT2D eigenvalue weighted by atomic mass is 9.67. The maximum Gasteiger partial charge on any atom is 0.0631 e. The van der Waals surface area contributed by atoms with Gasteiger partial charge in [-0.25, -0.2) is 0 Å². The van der Waals surface area contributed by atoms with Gasteiger partial charge in [-0.15, -0.1) is 23.2 Å². The summed E-state index contributed by atoms with van der Waals surface area (Å²) in [6, 6.07) is 0. The molecule has 8 bridgehead atoms. The van der Waals surface area contributed by atoms with E-state index in [1.54, 1.807) is 0 Å². The number of fused-ring (bicyclic) bond motifs is 20. The van der Waals surface area contributed by atoms with Gasteiger partial charge < -0.3 is 0 Å². The monoisotopic (exact) mass is 648 g/mol. The summed E-state index contributed by atoms with van der Waals surface area (Å²) in [4.78, 5) is 0. The summed E-state index contributed by atoms with van der Waals surface area (Å²) >= 11 is 13.5. The van der Waals surface area contributed by atoms with Gasteiger partial charge in [0.2, 0.25) is 0 Å². The third-order valence-corrected chi connectivity index (χ3v) is 15.5. The van der Waals surface area contributed by atoms with Crippen LogP contribution in [0.15, 0.2) is 0 Å². The molecule has 4 saturated carbocycles. The Hall–Kier alpha value is 0.260. The largest absolute Gasteiger partial charge is 0.286 e. The van der Waals surface area contributed by atoms with Crippen molar-refractivity contribution in [1.29, 1.82) is 0 Å². The Balaban J connectivity index is 1.07. The molecule has 8 N–H and O–H groups in total. The number of halogens is 2. The van der Waals surface area contributed by atoms with E-state index in [4.69, 9.17) is 23.2 Å². The normalized spacial score (nSPS) is 56.9. The Kier molecular flexibility index (Phi) is 8.69. The van der Waals surface area contributed by atoms with Gasteiger partial charge in [-0.2, -0.15) is 0 Å². The van der Waals surface area contributed by atoms with E-state index in [1.807, 2.05) is 0 Å². The quantitative estimate of drug-likeness (QED) is 0.216. The molecule has 0 radical (unpaired) electrons. The first-order valence-corrected chi connectivity index (χ1v) is 20.0. The van der Waals surface area contributed by atoms with E-state index in [0.29, 0.717) is 108 Å². The number of rotatable bonds is 2. The zero-order chi connectivity index (χ0) is 29.4. The molecule has 18 unspecified atom stereocenters. The SMILES string of the molecule is ClCC1CCC2C3NC4NC(NC5NC(NC6NC(NC(N3)C2C1CCl)C1CCCCC61)C1CCCCC51)C1CCCCC41. The highest BCUT2D eigenvalue weighted by Crippen LogP contribution is 2.48. The summed E-state index contributed by atoms with van der Waals surface area (Å²) in [6.07, 6.45) is 21.4. The summed E-state index contributed by atoms with van der Waals surface area (Å²) in [7, 11) is 0. The maximum absolute atomic E-state index is 6.84. The molecular formula is C34H58Cl2N8. The fourth-order valence-electron chi connectivity index (χ4n) is 12.7. The van der Waals surface area contributed by atoms with Crippen LogP contribution in [0.5, 0.6) is 0 Å². The lowest BCUT2D eigenvalue weighted by Crippen LogP contribution is -2.62. The van der Waals surface area contributed by atoms with Crippen molar-refractivity contribution in [3.63, 3.8) is 0 Å². The first-order chi connectivity index (χ1) is 21.7. The third-order valence-electron chi connectivity index (χ3n) is 14.7. The van der Waals surface area contributed by atoms with Crippen LogP contribution in [0.25, 0.3) is 0 Å². The molecule has 9 fully saturated rings. The van der Waals surface area contributed by atoms with Crippen molar-refractivity contribution < 1.29 is 0 Å². The van der Waals surface area contributed by atoms with E-state index in [2.05, 4.69) is 42.5 Å². The molecule has 5 saturated heterocycles. The average molecular weight is 650 g/mol. The molecule has 9 rings (SSSR count). The molecule has 4 aliphatic carbocycles. The number of hydrogen-bond donors (Lipinski definition) is 8. The Morgan fingerprint density at radius 2 is 0.659 bits per heavy atom. The number of alkyl halides is 2. The van der Waals surface area contributed by atoms with Crippen LogP contribution in [-0.4, -0.2) is 61.1 Å². The van der Waals surface area contributed by atoms with Gasteiger partial charge in [-0.05, 0) is 111 Å². The van der Waals surface area contributed by atoms with Gasteiger partial charge >= 0.3 is 0 Å². The first-order valence-electron chi connectivity index (χ1n) is 18.9. The van der Waals surface area contributed by atoms with Gasteiger partial charge in [0.15, 0.2) is 0 Å². The Bertz CT molecular complexity index is 1020. The first kappa shape index (κ1) is 30.3. The highest BCUT2D eigenvalue weighted by Gasteiger charge is 2.56. The van der Waals surface area contributed by atoms with E-state index >= 15 is 0 Å². The Morgan fingerprint density at radius 1 is 0.341 bits per heavy atom. The fraction of sp³-hybridized carbons (Fsp3) is 1.00. The molecule has 0 aromatic heterocycles. The molecule has 0 spiro atoms. The molecule has 8 nitrogen and oxygen atoms in total. The topological polar surface area (TPSA) is 96.2 Å². The summed E-state index contributed by atoms with van der Waals surface area (Å²) in [6.45, 7) is 0. The lowest BCUT2D eigenvalue weighted by molar-refractivity contribution is 0.0961. The van der Waals surface area contributed by atoms with Gasteiger partial charge in [-0.1, -0.05) is 38.5 Å². The second-order valence-electron chi connectivity index (χ2n) is 16.5. The zero-order valence-corrected chi connectivity index (χ0v) is 28.0. The second-order valence-corrected chi connectivity index (χ2v) is 17.2. The van der Waals surface area contributed by atoms with Gasteiger partial charge in [-0.3, -0.25) is 42.5 Å². The van der Waals surface area contributed by atoms with Crippen molar-refractivity contribution in [3.8, 4) is 0 Å². The van der Waals surface area contributed by atoms with E-state index in [9.17, 15) is 0 Å². The van der Waals surface area contributed by atoms with E-state index in [1.165, 1.54) is 89.9 Å². The molecule has 0 aromatic carbocycles. The van der Waals surface area contributed by atoms with Crippen LogP contribution in [0.3, 0.4) is 0 Å². The number of hydrogen-bond acceptors (Lipinski definition) is 8. The minimum Gasteiger partial charge on any atom is -0.286 e. The molecule has 10 heteroatoms. The fourth-order valence-corrected chi connectivity index (χ4v) is 13.5. The van der Waals surface area contributed by atoms with Crippen molar-refractivity contribution in [2.24, 2.45) is 59.2 Å². The summed E-state index contributed by atoms with van der Waals surface area (Å²) in [5, 5.41) is 33.8. The van der Waals surface area contributed by atoms with Crippen LogP contribution in [0.2, 0.25) is 0 Å². The minimum absolute atomic E-state index is 0.244. The van der Waals surface area contributed by atoms with Gasteiger partial charge in [0.1, 0.15) is 0 Å². The van der Waals surface area contributed by atoms with Crippen LogP contribution in [0, 0.1) is 59.2 Å². The van der Waals surface area contributed by atoms with Crippen LogP contribution in [0.1, 0.15) is 89.9 Å². The summed E-state index contributed by atoms with van der Waals surface area (Å²) in [5.74, 6) is 7.61. The highest BCUT2D eigenvalue weighted by molar-refractivity contribution is 6.19. The molecule has 9 aliphatic rings. The molecule has 248 valence electrons. The smallest absolute Gasteiger partial charge is 0.0631 e. The van der Waals surface area contributed by atoms with Crippen LogP contribution >= 0.6 is 23.2 Å². The highest BCUT2D eigenvalue weighted by atomic mass is 35.5. The molecule has 44 heavy (non-hydrogen) atoms. The van der Waals surface area contributed by atoms with Crippen LogP contribution < -0.4 is 42.5 Å². The van der Waals surface area contributed by atoms with E-state index in [0.717, 1.165) is 5.88 Å². The van der Waals surface area contributed by atoms with Crippen LogP contribution in [-0.2, 0) is 0 Å². The predicted molar refractivity (Wildman–Crippen MR) is 176 cm³/mol. The minimum atomic E-state index is 0.244. The van der Waals surface area contributed by atoms with E-state index in [-0.39, 0.29) is 6.17 Å². The number of nitrogens with one attached hydrogen (secondary N) is 8. The lowest BCUT2D eigenvalue weighted by Gasteiger charge is -2.42. The second kappa shape index (κ2) is 12.6.